The van der Waals surface area contributed by atoms with Crippen molar-refractivity contribution in [2.45, 2.75) is 25.4 Å². The highest BCUT2D eigenvalue weighted by atomic mass is 16.4. The molecule has 0 aliphatic heterocycles. The molecule has 7 heteroatoms. The predicted molar refractivity (Wildman–Crippen MR) is 100 cm³/mol. The number of aliphatic carboxylic acids is 1. The second-order valence-corrected chi connectivity index (χ2v) is 6.24. The summed E-state index contributed by atoms with van der Waals surface area (Å²) < 4.78 is 1.21. The quantitative estimate of drug-likeness (QED) is 0.693. The van der Waals surface area contributed by atoms with Gasteiger partial charge in [-0.3, -0.25) is 14.2 Å². The predicted octanol–water partition coefficient (Wildman–Crippen LogP) is 1.77. The van der Waals surface area contributed by atoms with E-state index in [0.29, 0.717) is 10.9 Å². The molecule has 2 N–H and O–H groups in total. The van der Waals surface area contributed by atoms with Crippen molar-refractivity contribution in [2.24, 2.45) is 0 Å². The lowest BCUT2D eigenvalue weighted by molar-refractivity contribution is -0.142. The second kappa shape index (κ2) is 7.82. The molecule has 0 aliphatic carbocycles. The molecule has 3 rings (SSSR count). The first kappa shape index (κ1) is 18.3. The monoisotopic (exact) mass is 365 g/mol. The summed E-state index contributed by atoms with van der Waals surface area (Å²) in [5.74, 6) is -1.69. The number of nitrogens with one attached hydrogen (secondary N) is 1. The third kappa shape index (κ3) is 4.03. The number of fused-ring (bicyclic) bond motifs is 1. The minimum Gasteiger partial charge on any atom is -0.480 e. The lowest BCUT2D eigenvalue weighted by Gasteiger charge is -2.19. The number of rotatable bonds is 6. The van der Waals surface area contributed by atoms with Gasteiger partial charge in [0.15, 0.2) is 0 Å². The largest absolute Gasteiger partial charge is 0.480 e. The van der Waals surface area contributed by atoms with E-state index in [2.05, 4.69) is 10.3 Å². The maximum Gasteiger partial charge on any atom is 0.326 e. The summed E-state index contributed by atoms with van der Waals surface area (Å²) in [5.41, 5.74) is 0.986. The van der Waals surface area contributed by atoms with Gasteiger partial charge >= 0.3 is 5.97 Å². The zero-order valence-corrected chi connectivity index (χ0v) is 14.7. The number of carboxylic acid groups (broad SMARTS) is 1. The molecule has 0 radical (unpaired) electrons. The smallest absolute Gasteiger partial charge is 0.326 e. The van der Waals surface area contributed by atoms with Crippen molar-refractivity contribution in [3.05, 3.63) is 76.8 Å². The Bertz CT molecular complexity index is 1030. The number of hydrogen-bond acceptors (Lipinski definition) is 4. The molecule has 7 nitrogen and oxygen atoms in total. The molecule has 1 amide bonds. The standard InChI is InChI=1S/C20H19N3O4/c1-13(23-12-21-16-10-6-5-9-15(16)19(23)25)18(24)22-17(20(26)27)11-14-7-3-2-4-8-14/h2-10,12-13,17H,11H2,1H3,(H,22,24)(H,26,27). The number of benzene rings is 2. The van der Waals surface area contributed by atoms with Gasteiger partial charge in [0, 0.05) is 6.42 Å². The van der Waals surface area contributed by atoms with E-state index in [1.54, 1.807) is 48.5 Å². The highest BCUT2D eigenvalue weighted by Crippen LogP contribution is 2.10. The van der Waals surface area contributed by atoms with E-state index in [4.69, 9.17) is 0 Å². The molecule has 138 valence electrons. The van der Waals surface area contributed by atoms with Crippen LogP contribution in [0, 0.1) is 0 Å². The average molecular weight is 365 g/mol. The van der Waals surface area contributed by atoms with Crippen LogP contribution < -0.4 is 10.9 Å². The fraction of sp³-hybridized carbons (Fsp3) is 0.200. The van der Waals surface area contributed by atoms with E-state index in [-0.39, 0.29) is 12.0 Å². The van der Waals surface area contributed by atoms with Crippen LogP contribution in [-0.4, -0.2) is 32.6 Å². The number of para-hydroxylation sites is 1. The Morgan fingerprint density at radius 2 is 1.78 bits per heavy atom. The summed E-state index contributed by atoms with van der Waals surface area (Å²) in [5, 5.41) is 12.4. The van der Waals surface area contributed by atoms with Gasteiger partial charge in [-0.25, -0.2) is 9.78 Å². The number of carboxylic acids is 1. The van der Waals surface area contributed by atoms with Crippen LogP contribution in [0.5, 0.6) is 0 Å². The van der Waals surface area contributed by atoms with Gasteiger partial charge < -0.3 is 10.4 Å². The summed E-state index contributed by atoms with van der Waals surface area (Å²) in [6.07, 6.45) is 1.46. The summed E-state index contributed by atoms with van der Waals surface area (Å²) >= 11 is 0. The molecular formula is C20H19N3O4. The third-order valence-electron chi connectivity index (χ3n) is 4.38. The molecule has 0 bridgehead atoms. The first-order valence-electron chi connectivity index (χ1n) is 8.50. The molecule has 0 fully saturated rings. The SMILES string of the molecule is CC(C(=O)NC(Cc1ccccc1)C(=O)O)n1cnc2ccccc2c1=O. The Kier molecular flexibility index (Phi) is 5.30. The molecule has 1 aromatic heterocycles. The van der Waals surface area contributed by atoms with Crippen molar-refractivity contribution in [2.75, 3.05) is 0 Å². The first-order chi connectivity index (χ1) is 13.0. The fourth-order valence-corrected chi connectivity index (χ4v) is 2.83. The Balaban J connectivity index is 1.81. The summed E-state index contributed by atoms with van der Waals surface area (Å²) in [7, 11) is 0. The Hall–Kier alpha value is -3.48. The second-order valence-electron chi connectivity index (χ2n) is 6.24. The van der Waals surface area contributed by atoms with Crippen LogP contribution in [0.3, 0.4) is 0 Å². The van der Waals surface area contributed by atoms with Crippen molar-refractivity contribution >= 4 is 22.8 Å². The van der Waals surface area contributed by atoms with E-state index in [1.807, 2.05) is 6.07 Å². The lowest BCUT2D eigenvalue weighted by Crippen LogP contribution is -2.46. The van der Waals surface area contributed by atoms with E-state index in [1.165, 1.54) is 17.8 Å². The molecule has 2 aromatic carbocycles. The summed E-state index contributed by atoms with van der Waals surface area (Å²) in [6.45, 7) is 1.54. The van der Waals surface area contributed by atoms with Gasteiger partial charge in [-0.05, 0) is 24.6 Å². The molecule has 2 atom stereocenters. The molecular weight excluding hydrogens is 346 g/mol. The number of carbonyl (C=O) groups excluding carboxylic acids is 1. The molecule has 0 aliphatic rings. The van der Waals surface area contributed by atoms with Crippen molar-refractivity contribution in [1.29, 1.82) is 0 Å². The van der Waals surface area contributed by atoms with Gasteiger partial charge in [-0.2, -0.15) is 0 Å². The maximum atomic E-state index is 12.6. The molecule has 3 aromatic rings. The van der Waals surface area contributed by atoms with Crippen molar-refractivity contribution in [1.82, 2.24) is 14.9 Å². The molecule has 27 heavy (non-hydrogen) atoms. The van der Waals surface area contributed by atoms with Crippen LogP contribution in [0.4, 0.5) is 0 Å². The van der Waals surface area contributed by atoms with E-state index in [9.17, 15) is 19.5 Å². The average Bonchev–Trinajstić information content (AvgIpc) is 2.68. The van der Waals surface area contributed by atoms with Crippen molar-refractivity contribution < 1.29 is 14.7 Å². The number of nitrogens with zero attached hydrogens (tertiary/aromatic N) is 2. The Labute approximate surface area is 155 Å². The molecule has 0 saturated heterocycles. The number of carbonyl (C=O) groups is 2. The van der Waals surface area contributed by atoms with Crippen LogP contribution in [0.15, 0.2) is 65.7 Å². The van der Waals surface area contributed by atoms with Crippen LogP contribution in [0.25, 0.3) is 10.9 Å². The highest BCUT2D eigenvalue weighted by molar-refractivity contribution is 5.86. The van der Waals surface area contributed by atoms with Crippen LogP contribution >= 0.6 is 0 Å². The zero-order chi connectivity index (χ0) is 19.4. The van der Waals surface area contributed by atoms with Gasteiger partial charge in [0.1, 0.15) is 12.1 Å². The maximum absolute atomic E-state index is 12.6. The molecule has 0 saturated carbocycles. The van der Waals surface area contributed by atoms with Gasteiger partial charge in [0.25, 0.3) is 5.56 Å². The number of aromatic nitrogens is 2. The van der Waals surface area contributed by atoms with Gasteiger partial charge in [-0.1, -0.05) is 42.5 Å². The zero-order valence-electron chi connectivity index (χ0n) is 14.7. The van der Waals surface area contributed by atoms with Gasteiger partial charge in [0.05, 0.1) is 17.2 Å². The Morgan fingerprint density at radius 3 is 2.48 bits per heavy atom. The van der Waals surface area contributed by atoms with Crippen LogP contribution in [0.2, 0.25) is 0 Å². The van der Waals surface area contributed by atoms with E-state index < -0.39 is 24.0 Å². The highest BCUT2D eigenvalue weighted by Gasteiger charge is 2.25. The van der Waals surface area contributed by atoms with E-state index in [0.717, 1.165) is 5.56 Å². The minimum absolute atomic E-state index is 0.152. The minimum atomic E-state index is -1.14. The summed E-state index contributed by atoms with van der Waals surface area (Å²) in [6, 6.07) is 13.9. The topological polar surface area (TPSA) is 101 Å². The fourth-order valence-electron chi connectivity index (χ4n) is 2.83. The molecule has 0 spiro atoms. The van der Waals surface area contributed by atoms with Crippen molar-refractivity contribution in [3.63, 3.8) is 0 Å². The first-order valence-corrected chi connectivity index (χ1v) is 8.50. The van der Waals surface area contributed by atoms with E-state index >= 15 is 0 Å². The van der Waals surface area contributed by atoms with Crippen LogP contribution in [-0.2, 0) is 16.0 Å². The Morgan fingerprint density at radius 1 is 1.11 bits per heavy atom. The lowest BCUT2D eigenvalue weighted by atomic mass is 10.1. The molecule has 1 heterocycles. The van der Waals surface area contributed by atoms with Gasteiger partial charge in [0.2, 0.25) is 5.91 Å². The third-order valence-corrected chi connectivity index (χ3v) is 4.38. The van der Waals surface area contributed by atoms with Gasteiger partial charge in [-0.15, -0.1) is 0 Å². The summed E-state index contributed by atoms with van der Waals surface area (Å²) in [4.78, 5) is 40.9. The number of amides is 1. The van der Waals surface area contributed by atoms with Crippen LogP contribution in [0.1, 0.15) is 18.5 Å². The van der Waals surface area contributed by atoms with Crippen molar-refractivity contribution in [3.8, 4) is 0 Å². The molecule has 2 unspecified atom stereocenters. The number of hydrogen-bond donors (Lipinski definition) is 2. The normalized spacial score (nSPS) is 13.1.